The number of hydrogen-bond acceptors (Lipinski definition) is 6. The zero-order valence-corrected chi connectivity index (χ0v) is 23.5. The predicted octanol–water partition coefficient (Wildman–Crippen LogP) is 5.83. The van der Waals surface area contributed by atoms with E-state index in [1.54, 1.807) is 38.4 Å². The van der Waals surface area contributed by atoms with Crippen molar-refractivity contribution < 1.29 is 28.5 Å². The maximum Gasteiger partial charge on any atom is 0.328 e. The van der Waals surface area contributed by atoms with Crippen molar-refractivity contribution in [3.63, 3.8) is 0 Å². The van der Waals surface area contributed by atoms with Gasteiger partial charge in [0.2, 0.25) is 0 Å². The summed E-state index contributed by atoms with van der Waals surface area (Å²) in [6.07, 6.45) is 6.16. The first kappa shape index (κ1) is 28.1. The molecular weight excluding hydrogens is 537 g/mol. The molecule has 1 aromatic heterocycles. The van der Waals surface area contributed by atoms with Crippen LogP contribution in [0.15, 0.2) is 48.7 Å². The first-order valence-corrected chi connectivity index (χ1v) is 13.7. The third-order valence-electron chi connectivity index (χ3n) is 7.63. The van der Waals surface area contributed by atoms with Crippen LogP contribution < -0.4 is 9.47 Å². The summed E-state index contributed by atoms with van der Waals surface area (Å²) in [5, 5.41) is 9.38. The molecule has 3 heterocycles. The number of halogens is 2. The highest BCUT2D eigenvalue weighted by molar-refractivity contribution is 6.30. The summed E-state index contributed by atoms with van der Waals surface area (Å²) >= 11 is 5.95. The molecule has 2 atom stereocenters. The highest BCUT2D eigenvalue weighted by atomic mass is 35.5. The predicted molar refractivity (Wildman–Crippen MR) is 149 cm³/mol. The van der Waals surface area contributed by atoms with Crippen molar-refractivity contribution >= 4 is 23.6 Å². The molecule has 2 aliphatic rings. The molecule has 0 bridgehead atoms. The lowest BCUT2D eigenvalue weighted by molar-refractivity contribution is -0.131. The third kappa shape index (κ3) is 5.87. The van der Waals surface area contributed by atoms with Gasteiger partial charge in [0.05, 0.1) is 36.6 Å². The third-order valence-corrected chi connectivity index (χ3v) is 7.87. The molecule has 1 saturated heterocycles. The Balaban J connectivity index is 1.28. The molecule has 2 aliphatic heterocycles. The SMILES string of the molecule is CO[C@H](C)Cn1c(C=CC(=O)O)cnc1CN1CCC(c2cccc3c2O[C@@](C)(c2ccc(Cl)cc2F)O3)CC1. The fraction of sp³-hybridized carbons (Fsp3) is 0.400. The topological polar surface area (TPSA) is 86.0 Å². The molecule has 3 aromatic rings. The molecule has 0 radical (unpaired) electrons. The number of imidazole rings is 1. The minimum Gasteiger partial charge on any atom is -0.478 e. The van der Waals surface area contributed by atoms with Gasteiger partial charge in [0.25, 0.3) is 5.79 Å². The maximum atomic E-state index is 14.8. The van der Waals surface area contributed by atoms with Gasteiger partial charge in [-0.25, -0.2) is 14.2 Å². The molecule has 0 spiro atoms. The van der Waals surface area contributed by atoms with Crippen LogP contribution in [0.2, 0.25) is 5.02 Å². The second kappa shape index (κ2) is 11.6. The van der Waals surface area contributed by atoms with Crippen molar-refractivity contribution in [1.82, 2.24) is 14.5 Å². The van der Waals surface area contributed by atoms with Crippen molar-refractivity contribution in [2.45, 2.75) is 57.6 Å². The highest BCUT2D eigenvalue weighted by Crippen LogP contribution is 2.49. The number of aliphatic carboxylic acids is 1. The Hall–Kier alpha value is -3.40. The summed E-state index contributed by atoms with van der Waals surface area (Å²) in [6.45, 7) is 6.61. The number of carboxylic acids is 1. The van der Waals surface area contributed by atoms with Gasteiger partial charge in [-0.1, -0.05) is 23.7 Å². The highest BCUT2D eigenvalue weighted by Gasteiger charge is 2.43. The van der Waals surface area contributed by atoms with E-state index in [2.05, 4.69) is 16.0 Å². The number of methoxy groups -OCH3 is 1. The van der Waals surface area contributed by atoms with Crippen LogP contribution in [-0.2, 0) is 28.4 Å². The minimum atomic E-state index is -1.28. The van der Waals surface area contributed by atoms with E-state index in [4.69, 9.17) is 30.9 Å². The van der Waals surface area contributed by atoms with Gasteiger partial charge in [0.15, 0.2) is 11.5 Å². The van der Waals surface area contributed by atoms with Gasteiger partial charge in [0.1, 0.15) is 11.6 Å². The number of aromatic nitrogens is 2. The lowest BCUT2D eigenvalue weighted by Crippen LogP contribution is -2.34. The minimum absolute atomic E-state index is 0.0508. The molecule has 8 nitrogen and oxygen atoms in total. The Kier molecular flexibility index (Phi) is 8.16. The molecule has 0 amide bonds. The van der Waals surface area contributed by atoms with E-state index >= 15 is 0 Å². The van der Waals surface area contributed by atoms with Crippen molar-refractivity contribution in [3.05, 3.63) is 82.2 Å². The van der Waals surface area contributed by atoms with Gasteiger partial charge in [-0.3, -0.25) is 4.90 Å². The number of piperidine rings is 1. The Morgan fingerprint density at radius 2 is 2.08 bits per heavy atom. The van der Waals surface area contributed by atoms with E-state index in [-0.39, 0.29) is 12.0 Å². The van der Waals surface area contributed by atoms with E-state index in [0.717, 1.165) is 49.1 Å². The number of fused-ring (bicyclic) bond motifs is 1. The molecule has 0 aliphatic carbocycles. The summed E-state index contributed by atoms with van der Waals surface area (Å²) in [6, 6.07) is 10.4. The molecule has 10 heteroatoms. The van der Waals surface area contributed by atoms with Gasteiger partial charge >= 0.3 is 5.97 Å². The van der Waals surface area contributed by atoms with Crippen LogP contribution in [0.3, 0.4) is 0 Å². The molecule has 40 heavy (non-hydrogen) atoms. The standard InChI is InChI=1S/C30H33ClFN3O5/c1-19(38-3)17-35-22(8-10-28(36)37)16-33-27(35)18-34-13-11-20(12-14-34)23-5-4-6-26-29(23)40-30(2,39-26)24-9-7-21(31)15-25(24)32/h4-10,15-16,19-20H,11-14,17-18H2,1-3H3,(H,36,37)/t19-,30+/m1/s1. The van der Waals surface area contributed by atoms with Crippen LogP contribution in [0.25, 0.3) is 6.08 Å². The van der Waals surface area contributed by atoms with E-state index in [1.807, 2.05) is 23.6 Å². The van der Waals surface area contributed by atoms with Crippen LogP contribution in [0.4, 0.5) is 4.39 Å². The molecule has 212 valence electrons. The Morgan fingerprint density at radius 1 is 1.30 bits per heavy atom. The molecule has 5 rings (SSSR count). The average molecular weight is 570 g/mol. The summed E-state index contributed by atoms with van der Waals surface area (Å²) < 4.78 is 34.7. The van der Waals surface area contributed by atoms with Crippen LogP contribution in [0, 0.1) is 5.82 Å². The van der Waals surface area contributed by atoms with Gasteiger partial charge in [0, 0.05) is 30.7 Å². The number of ether oxygens (including phenoxy) is 3. The zero-order chi connectivity index (χ0) is 28.4. The monoisotopic (exact) mass is 569 g/mol. The summed E-state index contributed by atoms with van der Waals surface area (Å²) in [7, 11) is 1.66. The number of benzene rings is 2. The van der Waals surface area contributed by atoms with Crippen LogP contribution >= 0.6 is 11.6 Å². The molecule has 0 saturated carbocycles. The van der Waals surface area contributed by atoms with Gasteiger partial charge < -0.3 is 23.9 Å². The summed E-state index contributed by atoms with van der Waals surface area (Å²) in [4.78, 5) is 18.0. The summed E-state index contributed by atoms with van der Waals surface area (Å²) in [5.74, 6) is -0.365. The zero-order valence-electron chi connectivity index (χ0n) is 22.8. The number of carbonyl (C=O) groups is 1. The molecule has 1 fully saturated rings. The largest absolute Gasteiger partial charge is 0.478 e. The molecule has 1 N–H and O–H groups in total. The second-order valence-electron chi connectivity index (χ2n) is 10.4. The Bertz CT molecular complexity index is 1420. The second-order valence-corrected chi connectivity index (χ2v) is 10.9. The van der Waals surface area contributed by atoms with Crippen molar-refractivity contribution in [1.29, 1.82) is 0 Å². The van der Waals surface area contributed by atoms with Gasteiger partial charge in [-0.15, -0.1) is 0 Å². The first-order chi connectivity index (χ1) is 19.2. The van der Waals surface area contributed by atoms with Gasteiger partial charge in [-0.05, 0) is 69.1 Å². The van der Waals surface area contributed by atoms with Gasteiger partial charge in [-0.2, -0.15) is 0 Å². The van der Waals surface area contributed by atoms with E-state index in [9.17, 15) is 9.18 Å². The lowest BCUT2D eigenvalue weighted by Gasteiger charge is -2.32. The van der Waals surface area contributed by atoms with Crippen molar-refractivity contribution in [2.75, 3.05) is 20.2 Å². The van der Waals surface area contributed by atoms with E-state index in [0.29, 0.717) is 35.2 Å². The number of likely N-dealkylation sites (tertiary alicyclic amines) is 1. The van der Waals surface area contributed by atoms with Crippen molar-refractivity contribution in [2.24, 2.45) is 0 Å². The lowest BCUT2D eigenvalue weighted by atomic mass is 9.88. The first-order valence-electron chi connectivity index (χ1n) is 13.3. The average Bonchev–Trinajstić information content (AvgIpc) is 3.47. The van der Waals surface area contributed by atoms with Crippen LogP contribution in [-0.4, -0.2) is 51.8 Å². The summed E-state index contributed by atoms with van der Waals surface area (Å²) in [5.41, 5.74) is 2.09. The number of carboxylic acid groups (broad SMARTS) is 1. The quantitative estimate of drug-likeness (QED) is 0.324. The Morgan fingerprint density at radius 3 is 2.77 bits per heavy atom. The number of rotatable bonds is 9. The van der Waals surface area contributed by atoms with Crippen LogP contribution in [0.1, 0.15) is 55.3 Å². The Labute approximate surface area is 237 Å². The normalized spacial score (nSPS) is 20.3. The van der Waals surface area contributed by atoms with Crippen LogP contribution in [0.5, 0.6) is 11.5 Å². The number of para-hydroxylation sites is 1. The smallest absolute Gasteiger partial charge is 0.328 e. The molecule has 0 unspecified atom stereocenters. The van der Waals surface area contributed by atoms with E-state index in [1.165, 1.54) is 6.07 Å². The molecular formula is C30H33ClFN3O5. The number of nitrogens with zero attached hydrogens (tertiary/aromatic N) is 3. The maximum absolute atomic E-state index is 14.8. The fourth-order valence-corrected chi connectivity index (χ4v) is 5.59. The number of hydrogen-bond donors (Lipinski definition) is 1. The van der Waals surface area contributed by atoms with E-state index < -0.39 is 17.6 Å². The molecule has 2 aromatic carbocycles. The fourth-order valence-electron chi connectivity index (χ4n) is 5.43. The van der Waals surface area contributed by atoms with Crippen molar-refractivity contribution in [3.8, 4) is 11.5 Å².